The van der Waals surface area contributed by atoms with E-state index in [0.717, 1.165) is 0 Å². The maximum Gasteiger partial charge on any atom is 0.411 e. The van der Waals surface area contributed by atoms with Crippen molar-refractivity contribution in [2.24, 2.45) is 0 Å². The van der Waals surface area contributed by atoms with Crippen molar-refractivity contribution in [1.82, 2.24) is 5.32 Å². The number of ether oxygens (including phenoxy) is 2. The van der Waals surface area contributed by atoms with Gasteiger partial charge >= 0.3 is 12.1 Å². The van der Waals surface area contributed by atoms with Crippen LogP contribution in [0.4, 0.5) is 16.2 Å². The van der Waals surface area contributed by atoms with Crippen molar-refractivity contribution in [3.05, 3.63) is 59.7 Å². The largest absolute Gasteiger partial charge is 0.480 e. The number of carbonyl (C=O) groups excluding carboxylic acids is 3. The van der Waals surface area contributed by atoms with Gasteiger partial charge in [-0.05, 0) is 42.0 Å². The fourth-order valence-corrected chi connectivity index (χ4v) is 3.15. The summed E-state index contributed by atoms with van der Waals surface area (Å²) in [5.74, 6) is -1.86. The van der Waals surface area contributed by atoms with Crippen LogP contribution in [-0.2, 0) is 25.5 Å². The maximum atomic E-state index is 12.5. The number of amides is 3. The molecule has 32 heavy (non-hydrogen) atoms. The molecule has 3 N–H and O–H groups in total. The third kappa shape index (κ3) is 5.82. The van der Waals surface area contributed by atoms with Gasteiger partial charge in [0.05, 0.1) is 13.7 Å². The second-order valence-corrected chi connectivity index (χ2v) is 7.03. The Bertz CT molecular complexity index is 990. The summed E-state index contributed by atoms with van der Waals surface area (Å²) in [6.07, 6.45) is -0.572. The van der Waals surface area contributed by atoms with E-state index in [4.69, 9.17) is 4.74 Å². The van der Waals surface area contributed by atoms with Gasteiger partial charge in [-0.1, -0.05) is 12.1 Å². The summed E-state index contributed by atoms with van der Waals surface area (Å²) >= 11 is 0. The second kappa shape index (κ2) is 10.4. The molecule has 1 aliphatic heterocycles. The van der Waals surface area contributed by atoms with Crippen LogP contribution in [0.2, 0.25) is 0 Å². The SMILES string of the molecule is COC(=O)Nc1ccc(C(=O)N[C@@H](Cc2ccc(N3CCOCC3=O)cc2)C(=O)O)cc1. The molecule has 2 aromatic rings. The highest BCUT2D eigenvalue weighted by atomic mass is 16.5. The molecule has 1 atom stereocenters. The summed E-state index contributed by atoms with van der Waals surface area (Å²) in [5, 5.41) is 14.5. The Morgan fingerprint density at radius 1 is 1.12 bits per heavy atom. The number of nitrogens with one attached hydrogen (secondary N) is 2. The minimum atomic E-state index is -1.17. The molecule has 2 aromatic carbocycles. The molecule has 0 saturated carbocycles. The third-order valence-electron chi connectivity index (χ3n) is 4.86. The van der Waals surface area contributed by atoms with E-state index in [1.165, 1.54) is 31.4 Å². The van der Waals surface area contributed by atoms with E-state index in [9.17, 15) is 24.3 Å². The van der Waals surface area contributed by atoms with Crippen LogP contribution in [0.15, 0.2) is 48.5 Å². The van der Waals surface area contributed by atoms with E-state index in [-0.39, 0.29) is 24.5 Å². The Kier molecular flexibility index (Phi) is 7.40. The Labute approximate surface area is 184 Å². The smallest absolute Gasteiger partial charge is 0.411 e. The normalized spacial score (nSPS) is 14.4. The zero-order valence-corrected chi connectivity index (χ0v) is 17.4. The summed E-state index contributed by atoms with van der Waals surface area (Å²) < 4.78 is 9.61. The Morgan fingerprint density at radius 3 is 2.41 bits per heavy atom. The van der Waals surface area contributed by atoms with Gasteiger partial charge < -0.3 is 24.8 Å². The summed E-state index contributed by atoms with van der Waals surface area (Å²) in [4.78, 5) is 49.0. The first-order valence-corrected chi connectivity index (χ1v) is 9.83. The molecule has 0 aliphatic carbocycles. The number of methoxy groups -OCH3 is 1. The number of aliphatic carboxylic acids is 1. The fraction of sp³-hybridized carbons (Fsp3) is 0.273. The van der Waals surface area contributed by atoms with E-state index in [1.807, 2.05) is 0 Å². The highest BCUT2D eigenvalue weighted by Crippen LogP contribution is 2.18. The highest BCUT2D eigenvalue weighted by Gasteiger charge is 2.23. The number of nitrogens with zero attached hydrogens (tertiary/aromatic N) is 1. The highest BCUT2D eigenvalue weighted by molar-refractivity contribution is 5.97. The van der Waals surface area contributed by atoms with Crippen LogP contribution in [0.5, 0.6) is 0 Å². The lowest BCUT2D eigenvalue weighted by Crippen LogP contribution is -2.42. The molecule has 0 bridgehead atoms. The molecule has 168 valence electrons. The van der Waals surface area contributed by atoms with Gasteiger partial charge in [0.1, 0.15) is 12.6 Å². The van der Waals surface area contributed by atoms with Gasteiger partial charge in [-0.3, -0.25) is 14.9 Å². The molecule has 0 spiro atoms. The number of benzene rings is 2. The van der Waals surface area contributed by atoms with Crippen molar-refractivity contribution in [1.29, 1.82) is 0 Å². The van der Waals surface area contributed by atoms with Gasteiger partial charge in [-0.15, -0.1) is 0 Å². The van der Waals surface area contributed by atoms with Gasteiger partial charge in [0.25, 0.3) is 11.8 Å². The second-order valence-electron chi connectivity index (χ2n) is 7.03. The number of rotatable bonds is 7. The quantitative estimate of drug-likeness (QED) is 0.595. The number of carbonyl (C=O) groups is 4. The van der Waals surface area contributed by atoms with Gasteiger partial charge in [-0.2, -0.15) is 0 Å². The predicted molar refractivity (Wildman–Crippen MR) is 115 cm³/mol. The van der Waals surface area contributed by atoms with Crippen LogP contribution in [0.3, 0.4) is 0 Å². The van der Waals surface area contributed by atoms with E-state index in [1.54, 1.807) is 29.2 Å². The van der Waals surface area contributed by atoms with Crippen LogP contribution >= 0.6 is 0 Å². The van der Waals surface area contributed by atoms with Crippen LogP contribution in [0, 0.1) is 0 Å². The molecule has 3 rings (SSSR count). The Hall–Kier alpha value is -3.92. The van der Waals surface area contributed by atoms with Crippen molar-refractivity contribution in [3.8, 4) is 0 Å². The Balaban J connectivity index is 1.63. The predicted octanol–water partition coefficient (Wildman–Crippen LogP) is 1.65. The molecule has 0 unspecified atom stereocenters. The van der Waals surface area contributed by atoms with Crippen LogP contribution in [0.1, 0.15) is 15.9 Å². The number of carboxylic acids is 1. The lowest BCUT2D eigenvalue weighted by molar-refractivity contribution is -0.139. The summed E-state index contributed by atoms with van der Waals surface area (Å²) in [6, 6.07) is 11.7. The summed E-state index contributed by atoms with van der Waals surface area (Å²) in [5.41, 5.74) is 2.08. The first kappa shape index (κ1) is 22.8. The fourth-order valence-electron chi connectivity index (χ4n) is 3.15. The zero-order chi connectivity index (χ0) is 23.1. The van der Waals surface area contributed by atoms with E-state index in [2.05, 4.69) is 15.4 Å². The van der Waals surface area contributed by atoms with Gasteiger partial charge in [0, 0.05) is 29.9 Å². The van der Waals surface area contributed by atoms with Crippen molar-refractivity contribution in [2.45, 2.75) is 12.5 Å². The molecule has 10 heteroatoms. The topological polar surface area (TPSA) is 134 Å². The molecule has 3 amide bonds. The average Bonchev–Trinajstić information content (AvgIpc) is 2.79. The zero-order valence-electron chi connectivity index (χ0n) is 17.4. The van der Waals surface area contributed by atoms with Crippen molar-refractivity contribution in [2.75, 3.05) is 37.1 Å². The van der Waals surface area contributed by atoms with E-state index in [0.29, 0.717) is 30.1 Å². The Morgan fingerprint density at radius 2 is 1.81 bits per heavy atom. The number of hydrogen-bond acceptors (Lipinski definition) is 6. The van der Waals surface area contributed by atoms with Gasteiger partial charge in [0.2, 0.25) is 0 Å². The lowest BCUT2D eigenvalue weighted by Gasteiger charge is -2.27. The number of anilines is 2. The molecular weight excluding hydrogens is 418 g/mol. The van der Waals surface area contributed by atoms with Crippen molar-refractivity contribution >= 4 is 35.3 Å². The molecule has 1 fully saturated rings. The minimum Gasteiger partial charge on any atom is -0.480 e. The van der Waals surface area contributed by atoms with Crippen LogP contribution < -0.4 is 15.5 Å². The van der Waals surface area contributed by atoms with E-state index < -0.39 is 24.0 Å². The van der Waals surface area contributed by atoms with Crippen LogP contribution in [0.25, 0.3) is 0 Å². The molecule has 10 nitrogen and oxygen atoms in total. The van der Waals surface area contributed by atoms with E-state index >= 15 is 0 Å². The first-order valence-electron chi connectivity index (χ1n) is 9.83. The summed E-state index contributed by atoms with van der Waals surface area (Å²) in [7, 11) is 1.24. The van der Waals surface area contributed by atoms with Gasteiger partial charge in [0.15, 0.2) is 0 Å². The molecule has 1 heterocycles. The molecule has 1 aliphatic rings. The first-order chi connectivity index (χ1) is 15.4. The third-order valence-corrected chi connectivity index (χ3v) is 4.86. The molecule has 1 saturated heterocycles. The monoisotopic (exact) mass is 441 g/mol. The van der Waals surface area contributed by atoms with Crippen LogP contribution in [-0.4, -0.2) is 61.9 Å². The lowest BCUT2D eigenvalue weighted by atomic mass is 10.0. The molecule has 0 radical (unpaired) electrons. The standard InChI is InChI=1S/C22H23N3O7/c1-31-22(30)23-16-6-4-15(5-7-16)20(27)24-18(21(28)29)12-14-2-8-17(9-3-14)25-10-11-32-13-19(25)26/h2-9,18H,10-13H2,1H3,(H,23,30)(H,24,27)(H,28,29)/t18-/m0/s1. The molecule has 0 aromatic heterocycles. The van der Waals surface area contributed by atoms with Crippen molar-refractivity contribution < 1.29 is 33.8 Å². The number of carboxylic acid groups (broad SMARTS) is 1. The van der Waals surface area contributed by atoms with Gasteiger partial charge in [-0.25, -0.2) is 9.59 Å². The average molecular weight is 441 g/mol. The number of morpholine rings is 1. The minimum absolute atomic E-state index is 0.0363. The van der Waals surface area contributed by atoms with Crippen molar-refractivity contribution in [3.63, 3.8) is 0 Å². The molecular formula is C22H23N3O7. The summed E-state index contributed by atoms with van der Waals surface area (Å²) in [6.45, 7) is 0.953. The maximum absolute atomic E-state index is 12.5. The number of hydrogen-bond donors (Lipinski definition) is 3.